The van der Waals surface area contributed by atoms with Crippen LogP contribution < -0.4 is 27.1 Å². The molecular formula is C22H32N6O4. The molecule has 0 bridgehead atoms. The molecule has 1 aromatic carbocycles. The van der Waals surface area contributed by atoms with Crippen molar-refractivity contribution in [2.45, 2.75) is 45.6 Å². The average Bonchev–Trinajstić information content (AvgIpc) is 2.77. The molecule has 0 saturated carbocycles. The fourth-order valence-electron chi connectivity index (χ4n) is 3.13. The maximum atomic E-state index is 12.8. The number of ether oxygens (including phenoxy) is 1. The number of hydrogen-bond donors (Lipinski definition) is 3. The minimum atomic E-state index is -0.305. The van der Waals surface area contributed by atoms with Crippen molar-refractivity contribution in [3.8, 4) is 5.75 Å². The second kappa shape index (κ2) is 13.0. The van der Waals surface area contributed by atoms with Gasteiger partial charge in [0, 0.05) is 11.9 Å². The van der Waals surface area contributed by atoms with Crippen LogP contribution in [0.1, 0.15) is 36.2 Å². The normalized spacial score (nSPS) is 10.4. The number of nitrogens with zero attached hydrogens (tertiary/aromatic N) is 3. The van der Waals surface area contributed by atoms with Gasteiger partial charge in [0.1, 0.15) is 24.6 Å². The lowest BCUT2D eigenvalue weighted by atomic mass is 10.1. The van der Waals surface area contributed by atoms with Crippen LogP contribution in [0.15, 0.2) is 40.4 Å². The molecule has 32 heavy (non-hydrogen) atoms. The minimum absolute atomic E-state index is 0.0834. The van der Waals surface area contributed by atoms with Crippen LogP contribution >= 0.6 is 0 Å². The van der Waals surface area contributed by atoms with E-state index in [1.807, 2.05) is 12.1 Å². The number of oxime groups is 1. The highest BCUT2D eigenvalue weighted by molar-refractivity contribution is 5.76. The molecule has 0 spiro atoms. The van der Waals surface area contributed by atoms with Crippen LogP contribution in [-0.2, 0) is 29.0 Å². The Labute approximate surface area is 187 Å². The molecule has 0 radical (unpaired) electrons. The summed E-state index contributed by atoms with van der Waals surface area (Å²) in [5, 5.41) is 6.02. The van der Waals surface area contributed by atoms with Gasteiger partial charge in [0.15, 0.2) is 0 Å². The lowest BCUT2D eigenvalue weighted by Crippen LogP contribution is -2.36. The van der Waals surface area contributed by atoms with Gasteiger partial charge in [-0.2, -0.15) is 0 Å². The van der Waals surface area contributed by atoms with Crippen molar-refractivity contribution in [2.24, 2.45) is 16.6 Å². The van der Waals surface area contributed by atoms with E-state index in [2.05, 4.69) is 27.6 Å². The SMILES string of the molecule is COc1ccc(CCCCCc2ncc(C)n(CC(=O)NCCON=C(N)N)c2=O)cc1. The number of methoxy groups -OCH3 is 1. The Morgan fingerprint density at radius 2 is 1.88 bits per heavy atom. The van der Waals surface area contributed by atoms with Crippen LogP contribution in [0.5, 0.6) is 5.75 Å². The second-order valence-corrected chi connectivity index (χ2v) is 7.35. The van der Waals surface area contributed by atoms with Crippen LogP contribution in [0.3, 0.4) is 0 Å². The quantitative estimate of drug-likeness (QED) is 0.179. The molecule has 0 aliphatic carbocycles. The number of aryl methyl sites for hydroxylation is 3. The number of guanidine groups is 1. The van der Waals surface area contributed by atoms with Crippen molar-refractivity contribution in [3.63, 3.8) is 0 Å². The molecule has 0 saturated heterocycles. The monoisotopic (exact) mass is 444 g/mol. The first-order chi connectivity index (χ1) is 15.4. The number of amides is 1. The van der Waals surface area contributed by atoms with Gasteiger partial charge in [-0.1, -0.05) is 18.6 Å². The summed E-state index contributed by atoms with van der Waals surface area (Å²) in [4.78, 5) is 34.0. The van der Waals surface area contributed by atoms with E-state index in [1.165, 1.54) is 10.1 Å². The van der Waals surface area contributed by atoms with E-state index in [0.29, 0.717) is 17.8 Å². The van der Waals surface area contributed by atoms with Gasteiger partial charge in [-0.3, -0.25) is 14.6 Å². The van der Waals surface area contributed by atoms with Crippen molar-refractivity contribution in [2.75, 3.05) is 20.3 Å². The lowest BCUT2D eigenvalue weighted by molar-refractivity contribution is -0.122. The van der Waals surface area contributed by atoms with Crippen LogP contribution in [0.4, 0.5) is 0 Å². The molecule has 0 fully saturated rings. The van der Waals surface area contributed by atoms with Gasteiger partial charge in [0.05, 0.1) is 13.7 Å². The van der Waals surface area contributed by atoms with Crippen molar-refractivity contribution in [1.29, 1.82) is 0 Å². The summed E-state index contributed by atoms with van der Waals surface area (Å²) in [6.45, 7) is 2.01. The molecule has 174 valence electrons. The number of rotatable bonds is 13. The fourth-order valence-corrected chi connectivity index (χ4v) is 3.13. The maximum Gasteiger partial charge on any atom is 0.272 e. The van der Waals surface area contributed by atoms with E-state index in [1.54, 1.807) is 20.2 Å². The molecule has 0 aliphatic rings. The summed E-state index contributed by atoms with van der Waals surface area (Å²) >= 11 is 0. The Morgan fingerprint density at radius 3 is 2.56 bits per heavy atom. The third-order valence-corrected chi connectivity index (χ3v) is 4.85. The molecule has 2 aromatic rings. The molecule has 5 N–H and O–H groups in total. The second-order valence-electron chi connectivity index (χ2n) is 7.35. The molecule has 10 heteroatoms. The average molecular weight is 445 g/mol. The van der Waals surface area contributed by atoms with E-state index in [4.69, 9.17) is 21.0 Å². The zero-order valence-corrected chi connectivity index (χ0v) is 18.7. The summed E-state index contributed by atoms with van der Waals surface area (Å²) < 4.78 is 6.61. The standard InChI is InChI=1S/C22H32N6O4/c1-16-14-26-19(7-5-3-4-6-17-8-10-18(31-2)11-9-17)21(30)28(16)15-20(29)25-12-13-32-27-22(23)24/h8-11,14H,3-7,12-13,15H2,1-2H3,(H,25,29)(H4,23,24,27). The van der Waals surface area contributed by atoms with Crippen molar-refractivity contribution >= 4 is 11.9 Å². The Hall–Kier alpha value is -3.56. The Kier molecular flexibility index (Phi) is 10.0. The van der Waals surface area contributed by atoms with Crippen molar-refractivity contribution in [3.05, 3.63) is 57.8 Å². The molecule has 1 aromatic heterocycles. The smallest absolute Gasteiger partial charge is 0.272 e. The first kappa shape index (κ1) is 24.7. The number of carbonyl (C=O) groups excluding carboxylic acids is 1. The molecule has 1 amide bonds. The topological polar surface area (TPSA) is 147 Å². The zero-order valence-electron chi connectivity index (χ0n) is 18.7. The number of unbranched alkanes of at least 4 members (excludes halogenated alkanes) is 2. The molecule has 1 heterocycles. The van der Waals surface area contributed by atoms with Gasteiger partial charge >= 0.3 is 0 Å². The predicted octanol–water partition coefficient (Wildman–Crippen LogP) is 0.837. The van der Waals surface area contributed by atoms with E-state index in [0.717, 1.165) is 31.4 Å². The minimum Gasteiger partial charge on any atom is -0.497 e. The molecule has 0 aliphatic heterocycles. The number of nitrogens with two attached hydrogens (primary N) is 2. The van der Waals surface area contributed by atoms with Gasteiger partial charge in [0.25, 0.3) is 5.56 Å². The van der Waals surface area contributed by atoms with E-state index >= 15 is 0 Å². The summed E-state index contributed by atoms with van der Waals surface area (Å²) in [7, 11) is 1.65. The van der Waals surface area contributed by atoms with Gasteiger partial charge in [-0.05, 0) is 55.5 Å². The highest BCUT2D eigenvalue weighted by Gasteiger charge is 2.11. The molecule has 10 nitrogen and oxygen atoms in total. The van der Waals surface area contributed by atoms with Crippen LogP contribution in [0, 0.1) is 6.92 Å². The maximum absolute atomic E-state index is 12.8. The molecular weight excluding hydrogens is 412 g/mol. The predicted molar refractivity (Wildman–Crippen MR) is 122 cm³/mol. The number of aromatic nitrogens is 2. The van der Waals surface area contributed by atoms with Gasteiger partial charge < -0.3 is 30.9 Å². The number of nitrogens with one attached hydrogen (secondary N) is 1. The first-order valence-corrected chi connectivity index (χ1v) is 10.6. The summed E-state index contributed by atoms with van der Waals surface area (Å²) in [5.41, 5.74) is 12.4. The van der Waals surface area contributed by atoms with E-state index in [-0.39, 0.29) is 37.1 Å². The fraction of sp³-hybridized carbons (Fsp3) is 0.455. The largest absolute Gasteiger partial charge is 0.497 e. The molecule has 0 atom stereocenters. The third kappa shape index (κ3) is 8.29. The highest BCUT2D eigenvalue weighted by Crippen LogP contribution is 2.14. The van der Waals surface area contributed by atoms with Gasteiger partial charge in [-0.25, -0.2) is 0 Å². The highest BCUT2D eigenvalue weighted by atomic mass is 16.6. The van der Waals surface area contributed by atoms with E-state index in [9.17, 15) is 9.59 Å². The summed E-state index contributed by atoms with van der Waals surface area (Å²) in [5.74, 6) is 0.354. The Balaban J connectivity index is 1.79. The molecule has 2 rings (SSSR count). The summed E-state index contributed by atoms with van der Waals surface area (Å²) in [6, 6.07) is 8.05. The number of carbonyl (C=O) groups is 1. The lowest BCUT2D eigenvalue weighted by Gasteiger charge is -2.11. The Morgan fingerprint density at radius 1 is 1.16 bits per heavy atom. The zero-order chi connectivity index (χ0) is 23.3. The van der Waals surface area contributed by atoms with Crippen molar-refractivity contribution in [1.82, 2.24) is 14.9 Å². The van der Waals surface area contributed by atoms with Gasteiger partial charge in [-0.15, -0.1) is 0 Å². The van der Waals surface area contributed by atoms with Gasteiger partial charge in [0.2, 0.25) is 11.9 Å². The molecule has 0 unspecified atom stereocenters. The van der Waals surface area contributed by atoms with Crippen LogP contribution in [0.2, 0.25) is 0 Å². The van der Waals surface area contributed by atoms with Crippen LogP contribution in [-0.4, -0.2) is 41.7 Å². The van der Waals surface area contributed by atoms with E-state index < -0.39 is 0 Å². The summed E-state index contributed by atoms with van der Waals surface area (Å²) in [6.07, 6.45) is 6.05. The Bertz CT molecular complexity index is 952. The number of benzene rings is 1. The van der Waals surface area contributed by atoms with Crippen LogP contribution in [0.25, 0.3) is 0 Å². The first-order valence-electron chi connectivity index (χ1n) is 10.6. The third-order valence-electron chi connectivity index (χ3n) is 4.85. The van der Waals surface area contributed by atoms with Crippen molar-refractivity contribution < 1.29 is 14.4 Å². The number of hydrogen-bond acceptors (Lipinski definition) is 6.